The minimum Gasteiger partial charge on any atom is -0.381 e. The molecule has 1 aromatic carbocycles. The van der Waals surface area contributed by atoms with E-state index in [2.05, 4.69) is 57.2 Å². The second-order valence-electron chi connectivity index (χ2n) is 11.1. The van der Waals surface area contributed by atoms with E-state index in [0.29, 0.717) is 11.6 Å². The zero-order valence-electron chi connectivity index (χ0n) is 24.3. The van der Waals surface area contributed by atoms with Crippen molar-refractivity contribution < 1.29 is 14.3 Å². The molecule has 4 rings (SSSR count). The minimum atomic E-state index is -0.356. The van der Waals surface area contributed by atoms with Gasteiger partial charge >= 0.3 is 0 Å². The van der Waals surface area contributed by atoms with Gasteiger partial charge in [-0.1, -0.05) is 23.5 Å². The van der Waals surface area contributed by atoms with Crippen LogP contribution in [-0.4, -0.2) is 99.8 Å². The average molecular weight is 536 g/mol. The van der Waals surface area contributed by atoms with E-state index < -0.39 is 0 Å². The molecule has 2 N–H and O–H groups in total. The highest BCUT2D eigenvalue weighted by Gasteiger charge is 2.28. The molecule has 2 fully saturated rings. The molecule has 0 aliphatic carbocycles. The third kappa shape index (κ3) is 7.42. The van der Waals surface area contributed by atoms with E-state index in [9.17, 15) is 9.59 Å². The molecule has 8 heteroatoms. The van der Waals surface area contributed by atoms with Crippen molar-refractivity contribution in [2.24, 2.45) is 5.92 Å². The van der Waals surface area contributed by atoms with Gasteiger partial charge in [0.15, 0.2) is 0 Å². The van der Waals surface area contributed by atoms with Crippen molar-refractivity contribution in [1.82, 2.24) is 20.4 Å². The third-order valence-electron chi connectivity index (χ3n) is 8.25. The number of carbonyl (C=O) groups is 2. The first-order valence-corrected chi connectivity index (χ1v) is 14.4. The van der Waals surface area contributed by atoms with Crippen LogP contribution < -0.4 is 15.5 Å². The number of nitrogens with one attached hydrogen (secondary N) is 2. The number of carbonyl (C=O) groups excluding carboxylic acids is 2. The van der Waals surface area contributed by atoms with E-state index in [1.165, 1.54) is 0 Å². The molecule has 3 aliphatic rings. The number of hydrogen-bond donors (Lipinski definition) is 2. The van der Waals surface area contributed by atoms with E-state index in [4.69, 9.17) is 4.74 Å². The number of benzene rings is 1. The predicted molar refractivity (Wildman–Crippen MR) is 156 cm³/mol. The van der Waals surface area contributed by atoms with Crippen molar-refractivity contribution in [3.8, 4) is 11.8 Å². The summed E-state index contributed by atoms with van der Waals surface area (Å²) < 4.78 is 5.62. The second-order valence-corrected chi connectivity index (χ2v) is 11.1. The molecule has 8 nitrogen and oxygen atoms in total. The molecule has 212 valence electrons. The van der Waals surface area contributed by atoms with Gasteiger partial charge in [0.1, 0.15) is 0 Å². The molecule has 0 spiro atoms. The van der Waals surface area contributed by atoms with Crippen molar-refractivity contribution in [3.05, 3.63) is 40.5 Å². The lowest BCUT2D eigenvalue weighted by Crippen LogP contribution is -2.45. The van der Waals surface area contributed by atoms with E-state index in [-0.39, 0.29) is 30.3 Å². The van der Waals surface area contributed by atoms with Crippen LogP contribution in [0.15, 0.2) is 23.8 Å². The lowest BCUT2D eigenvalue weighted by atomic mass is 9.93. The van der Waals surface area contributed by atoms with Crippen LogP contribution >= 0.6 is 0 Å². The number of piperazine rings is 1. The predicted octanol–water partition coefficient (Wildman–Crippen LogP) is 2.41. The zero-order valence-corrected chi connectivity index (χ0v) is 24.3. The highest BCUT2D eigenvalue weighted by atomic mass is 16.5. The number of likely N-dealkylation sites (N-methyl/N-ethyl adjacent to an activating group) is 1. The van der Waals surface area contributed by atoms with Gasteiger partial charge in [0.05, 0.1) is 12.5 Å². The topological polar surface area (TPSA) is 77.2 Å². The largest absolute Gasteiger partial charge is 0.381 e. The standard InChI is InChI=1S/C31H45N5O3/c1-6-36(26-9-16-39-17-10-26)29-20-25(8-7-11-35-14-12-34(5)13-15-35)19-27(24(29)4)30(37)32-21-28-22(2)18-23(3)33-31(28)38/h18-20,23,26,28H,6,9-17,21H2,1-5H3,(H,32,37)(H,33,38). The molecule has 39 heavy (non-hydrogen) atoms. The van der Waals surface area contributed by atoms with Crippen LogP contribution in [-0.2, 0) is 9.53 Å². The molecule has 3 heterocycles. The molecule has 0 radical (unpaired) electrons. The Morgan fingerprint density at radius 1 is 1.18 bits per heavy atom. The van der Waals surface area contributed by atoms with Gasteiger partial charge in [0.2, 0.25) is 5.91 Å². The number of ether oxygens (including phenoxy) is 1. The van der Waals surface area contributed by atoms with Crippen LogP contribution in [0, 0.1) is 24.7 Å². The van der Waals surface area contributed by atoms with Crippen molar-refractivity contribution in [2.75, 3.05) is 71.0 Å². The molecule has 3 aliphatic heterocycles. The summed E-state index contributed by atoms with van der Waals surface area (Å²) in [5.74, 6) is 6.16. The van der Waals surface area contributed by atoms with Crippen molar-refractivity contribution in [3.63, 3.8) is 0 Å². The van der Waals surface area contributed by atoms with E-state index in [0.717, 1.165) is 87.7 Å². The normalized spacial score (nSPS) is 22.9. The molecule has 2 atom stereocenters. The molecule has 1 aromatic rings. The molecule has 0 saturated carbocycles. The van der Waals surface area contributed by atoms with Gasteiger partial charge in [-0.15, -0.1) is 0 Å². The maximum atomic E-state index is 13.6. The Bertz CT molecular complexity index is 1120. The molecule has 2 unspecified atom stereocenters. The molecular formula is C31H45N5O3. The van der Waals surface area contributed by atoms with Crippen molar-refractivity contribution >= 4 is 17.5 Å². The average Bonchev–Trinajstić information content (AvgIpc) is 2.91. The zero-order chi connectivity index (χ0) is 27.9. The fourth-order valence-corrected chi connectivity index (χ4v) is 5.81. The lowest BCUT2D eigenvalue weighted by molar-refractivity contribution is -0.124. The monoisotopic (exact) mass is 535 g/mol. The van der Waals surface area contributed by atoms with Gasteiger partial charge in [-0.2, -0.15) is 0 Å². The van der Waals surface area contributed by atoms with E-state index in [1.807, 2.05) is 32.9 Å². The van der Waals surface area contributed by atoms with Gasteiger partial charge in [-0.3, -0.25) is 14.5 Å². The Hall–Kier alpha value is -2.86. The fourth-order valence-electron chi connectivity index (χ4n) is 5.81. The Kier molecular flexibility index (Phi) is 10.1. The summed E-state index contributed by atoms with van der Waals surface area (Å²) in [6.45, 7) is 15.6. The van der Waals surface area contributed by atoms with Gasteiger partial charge in [-0.05, 0) is 65.3 Å². The SMILES string of the molecule is CCN(c1cc(C#CCN2CCN(C)CC2)cc(C(=O)NCC2C(=O)NC(C)C=C2C)c1C)C1CCOCC1. The van der Waals surface area contributed by atoms with Crippen LogP contribution in [0.2, 0.25) is 0 Å². The fraction of sp³-hybridized carbons (Fsp3) is 0.613. The maximum absolute atomic E-state index is 13.6. The summed E-state index contributed by atoms with van der Waals surface area (Å²) in [5, 5.41) is 6.00. The summed E-state index contributed by atoms with van der Waals surface area (Å²) in [5.41, 5.74) is 4.46. The number of rotatable bonds is 7. The van der Waals surface area contributed by atoms with Gasteiger partial charge in [0, 0.05) is 81.4 Å². The minimum absolute atomic E-state index is 0.0144. The maximum Gasteiger partial charge on any atom is 0.251 e. The summed E-state index contributed by atoms with van der Waals surface area (Å²) in [7, 11) is 2.15. The Morgan fingerprint density at radius 3 is 2.56 bits per heavy atom. The smallest absolute Gasteiger partial charge is 0.251 e. The Labute approximate surface area is 234 Å². The van der Waals surface area contributed by atoms with Gasteiger partial charge in [0.25, 0.3) is 5.91 Å². The summed E-state index contributed by atoms with van der Waals surface area (Å²) >= 11 is 0. The van der Waals surface area contributed by atoms with Crippen molar-refractivity contribution in [2.45, 2.75) is 52.6 Å². The summed E-state index contributed by atoms with van der Waals surface area (Å²) in [6, 6.07) is 4.44. The summed E-state index contributed by atoms with van der Waals surface area (Å²) in [4.78, 5) is 33.3. The first-order chi connectivity index (χ1) is 18.8. The first kappa shape index (κ1) is 29.1. The highest BCUT2D eigenvalue weighted by Crippen LogP contribution is 2.30. The molecule has 2 amide bonds. The van der Waals surface area contributed by atoms with Gasteiger partial charge < -0.3 is 25.2 Å². The number of amides is 2. The lowest BCUT2D eigenvalue weighted by Gasteiger charge is -2.36. The molecule has 2 saturated heterocycles. The summed E-state index contributed by atoms with van der Waals surface area (Å²) in [6.07, 6.45) is 3.98. The number of nitrogens with zero attached hydrogens (tertiary/aromatic N) is 3. The quantitative estimate of drug-likeness (QED) is 0.413. The van der Waals surface area contributed by atoms with Crippen molar-refractivity contribution in [1.29, 1.82) is 0 Å². The van der Waals surface area contributed by atoms with Crippen LogP contribution in [0.5, 0.6) is 0 Å². The van der Waals surface area contributed by atoms with E-state index >= 15 is 0 Å². The molecular weight excluding hydrogens is 490 g/mol. The first-order valence-electron chi connectivity index (χ1n) is 14.4. The Balaban J connectivity index is 1.58. The van der Waals surface area contributed by atoms with Crippen LogP contribution in [0.3, 0.4) is 0 Å². The highest BCUT2D eigenvalue weighted by molar-refractivity contribution is 5.98. The number of anilines is 1. The van der Waals surface area contributed by atoms with Crippen LogP contribution in [0.1, 0.15) is 55.1 Å². The second kappa shape index (κ2) is 13.5. The van der Waals surface area contributed by atoms with Gasteiger partial charge in [-0.25, -0.2) is 0 Å². The molecule has 0 bridgehead atoms. The number of hydrogen-bond acceptors (Lipinski definition) is 6. The Morgan fingerprint density at radius 2 is 1.90 bits per heavy atom. The van der Waals surface area contributed by atoms with E-state index in [1.54, 1.807) is 0 Å². The van der Waals surface area contributed by atoms with Crippen LogP contribution in [0.25, 0.3) is 0 Å². The third-order valence-corrected chi connectivity index (χ3v) is 8.25. The van der Waals surface area contributed by atoms with Crippen LogP contribution in [0.4, 0.5) is 5.69 Å². The molecule has 0 aromatic heterocycles.